The van der Waals surface area contributed by atoms with Crippen LogP contribution in [-0.4, -0.2) is 247 Å². The number of hydrogen-bond acceptors (Lipinski definition) is 23. The third-order valence-corrected chi connectivity index (χ3v) is 20.4. The molecule has 4 saturated heterocycles. The summed E-state index contributed by atoms with van der Waals surface area (Å²) in [6.07, 6.45) is -3.49. The molecule has 0 radical (unpaired) electrons. The molecule has 4 aliphatic heterocycles. The monoisotopic (exact) mass is 1340 g/mol. The summed E-state index contributed by atoms with van der Waals surface area (Å²) in [4.78, 5) is 106. The van der Waals surface area contributed by atoms with Crippen LogP contribution in [0.5, 0.6) is 11.5 Å². The van der Waals surface area contributed by atoms with Gasteiger partial charge in [-0.2, -0.15) is 8.42 Å². The Bertz CT molecular complexity index is 3230. The van der Waals surface area contributed by atoms with E-state index in [-0.39, 0.29) is 30.5 Å². The molecule has 9 rings (SSSR count). The number of fused-ring (bicyclic) bond motifs is 2. The normalized spacial score (nSPS) is 29.8. The average molecular weight is 1340 g/mol. The third-order valence-electron chi connectivity index (χ3n) is 18.9. The van der Waals surface area contributed by atoms with Crippen LogP contribution in [0.15, 0.2) is 42.5 Å². The van der Waals surface area contributed by atoms with Gasteiger partial charge in [0, 0.05) is 88.3 Å². The molecule has 2 saturated carbocycles. The second kappa shape index (κ2) is 31.2. The molecule has 0 unspecified atom stereocenters. The highest BCUT2D eigenvalue weighted by atomic mass is 32.3. The Morgan fingerprint density at radius 3 is 2.10 bits per heavy atom. The first-order chi connectivity index (χ1) is 44.2. The number of rotatable bonds is 17. The Labute approximate surface area is 542 Å². The summed E-state index contributed by atoms with van der Waals surface area (Å²) in [6.45, 7) is 6.69. The molecular weight excluding hydrogens is 1250 g/mol. The van der Waals surface area contributed by atoms with Crippen LogP contribution >= 0.6 is 11.3 Å². The van der Waals surface area contributed by atoms with E-state index in [2.05, 4.69) is 75.0 Å². The van der Waals surface area contributed by atoms with Gasteiger partial charge in [-0.1, -0.05) is 43.6 Å². The molecule has 15 N–H and O–H groups in total. The lowest BCUT2D eigenvalue weighted by Crippen LogP contribution is -2.64. The van der Waals surface area contributed by atoms with Gasteiger partial charge in [0.2, 0.25) is 41.4 Å². The molecule has 32 heteroatoms. The van der Waals surface area contributed by atoms with E-state index in [9.17, 15) is 82.3 Å². The van der Waals surface area contributed by atoms with Gasteiger partial charge in [0.1, 0.15) is 40.2 Å². The summed E-state index contributed by atoms with van der Waals surface area (Å²) >= 11 is 1.56. The fraction of sp³-hybridized carbons (Fsp3) is 0.656. The van der Waals surface area contributed by atoms with E-state index in [1.54, 1.807) is 11.3 Å². The Morgan fingerprint density at radius 1 is 0.763 bits per heavy atom. The number of piperazine rings is 1. The van der Waals surface area contributed by atoms with E-state index in [4.69, 9.17) is 5.73 Å². The van der Waals surface area contributed by atoms with Crippen molar-refractivity contribution in [3.63, 3.8) is 0 Å². The Kier molecular flexibility index (Phi) is 23.7. The number of anilines is 1. The molecule has 7 amide bonds. The lowest BCUT2D eigenvalue weighted by atomic mass is 9.82. The molecule has 1 aromatic heterocycles. The van der Waals surface area contributed by atoms with Gasteiger partial charge in [0.25, 0.3) is 0 Å². The summed E-state index contributed by atoms with van der Waals surface area (Å²) in [7, 11) is -5.22. The number of amides is 7. The number of hydrogen-bond donors (Lipinski definition) is 14. The number of nitrogens with zero attached hydrogens (tertiary/aromatic N) is 6. The maximum absolute atomic E-state index is 14.7. The van der Waals surface area contributed by atoms with E-state index in [1.807, 2.05) is 0 Å². The van der Waals surface area contributed by atoms with Crippen molar-refractivity contribution in [2.24, 2.45) is 23.5 Å². The van der Waals surface area contributed by atoms with Crippen molar-refractivity contribution in [1.82, 2.24) is 51.5 Å². The molecule has 0 spiro atoms. The molecule has 30 nitrogen and oxygen atoms in total. The zero-order valence-corrected chi connectivity index (χ0v) is 53.7. The molecule has 5 heterocycles. The standard InChI is InChI=1S/C61H88N12O18S2/c1-32-29-73-52(53(32)81)57(85)64-28-40(75)24-42(63-27-34-8-11-37(12-9-34)58-68-69-59(92-58)38-13-15-39(16-14-38)71-20-18-70(19-21-71)30-35-6-4-3-5-7-35)54(82)65-49(33(2)74)60(86)72-31-41(76)25-43(72)55(83)66-50(56(84)67-51(61(73)87)46(79)26-48(62)80)45(78)22-36-10-17-44(77)47(23-36)91-93(88,89)90/h10,13-17,23,32-35,37,40-43,45-46,49-53,63,74-79,81H,3-9,11-12,18-22,24-31H2,1-2H3,(H2,62,80)(H,64,85)(H,65,82)(H,66,83)(H,67,84)(H,88,89,90)/t32-,33+,34?,37?,40+,41+,42-,43-,45+,46+,49-,50-,51-,52-,53-/m0/s1. The van der Waals surface area contributed by atoms with Gasteiger partial charge in [-0.05, 0) is 112 Å². The van der Waals surface area contributed by atoms with Crippen LogP contribution in [0.25, 0.3) is 10.6 Å². The molecule has 512 valence electrons. The first-order valence-electron chi connectivity index (χ1n) is 32.0. The first kappa shape index (κ1) is 70.6. The second-order valence-corrected chi connectivity index (χ2v) is 27.9. The summed E-state index contributed by atoms with van der Waals surface area (Å²) in [5, 5.41) is 103. The van der Waals surface area contributed by atoms with Crippen LogP contribution in [-0.2, 0) is 50.4 Å². The second-order valence-electron chi connectivity index (χ2n) is 25.9. The number of phenolic OH excluding ortho intramolecular Hbond substituents is 1. The van der Waals surface area contributed by atoms with E-state index >= 15 is 0 Å². The van der Waals surface area contributed by atoms with Gasteiger partial charge < -0.3 is 86.9 Å². The number of nitrogens with two attached hydrogens (primary N) is 1. The maximum Gasteiger partial charge on any atom is 0.446 e. The molecule has 93 heavy (non-hydrogen) atoms. The number of aliphatic hydroxyl groups is 6. The van der Waals surface area contributed by atoms with Crippen molar-refractivity contribution in [3.8, 4) is 22.1 Å². The quantitative estimate of drug-likeness (QED) is 0.0635. The van der Waals surface area contributed by atoms with E-state index in [0.29, 0.717) is 12.8 Å². The van der Waals surface area contributed by atoms with Gasteiger partial charge in [-0.3, -0.25) is 43.0 Å². The van der Waals surface area contributed by atoms with E-state index < -0.39 is 181 Å². The smallest absolute Gasteiger partial charge is 0.446 e. The number of phenols is 1. The first-order valence-corrected chi connectivity index (χ1v) is 34.2. The minimum Gasteiger partial charge on any atom is -0.504 e. The van der Waals surface area contributed by atoms with E-state index in [1.165, 1.54) is 58.2 Å². The molecule has 13 atom stereocenters. The highest BCUT2D eigenvalue weighted by molar-refractivity contribution is 7.81. The van der Waals surface area contributed by atoms with Gasteiger partial charge in [0.05, 0.1) is 49.1 Å². The average Bonchev–Trinajstić information content (AvgIpc) is 1.74. The Balaban J connectivity index is 0.914. The fourth-order valence-electron chi connectivity index (χ4n) is 13.7. The van der Waals surface area contributed by atoms with Crippen molar-refractivity contribution < 1.29 is 86.5 Å². The maximum atomic E-state index is 14.7. The number of β-amino-alcohol motifs (C(OH)–C–C–N with tert-alkyl or cyclic N) is 1. The number of aliphatic hydroxyl groups excluding tert-OH is 6. The lowest BCUT2D eigenvalue weighted by molar-refractivity contribution is -0.147. The van der Waals surface area contributed by atoms with Crippen LogP contribution in [0.1, 0.15) is 107 Å². The number of benzene rings is 2. The molecule has 3 aromatic rings. The minimum absolute atomic E-state index is 0.00529. The number of carbonyl (C=O) groups excluding carboxylic acids is 7. The lowest BCUT2D eigenvalue weighted by Gasteiger charge is -2.38. The van der Waals surface area contributed by atoms with Gasteiger partial charge >= 0.3 is 10.4 Å². The number of aromatic nitrogens is 2. The number of aromatic hydroxyl groups is 1. The molecule has 6 fully saturated rings. The SMILES string of the molecule is C[C@@H](O)[C@@H]1NC(=O)[C@@H](NCC2CCC(c3nnc(-c4ccc(N5CCN(CC6CCCCC6)CC5)cc4)s3)CC2)C[C@@H](O)CNC(=O)[C@@H]2[C@@H](O)[C@@H](C)CN2C(=O)[C@H]([C@H](O)CC(N)=O)NC(=O)[C@H]([C@H](O)Cc2ccc(O)c(OS(=O)(=O)O)c2)NC(=O)[C@@H]2C[C@@H](O)CN2C1=O. The zero-order valence-electron chi connectivity index (χ0n) is 52.1. The number of primary amides is 1. The molecule has 6 aliphatic rings. The number of carbonyl (C=O) groups is 7. The molecule has 2 aromatic carbocycles. The molecule has 2 aliphatic carbocycles. The minimum atomic E-state index is -5.22. The third kappa shape index (κ3) is 18.2. The Morgan fingerprint density at radius 2 is 1.43 bits per heavy atom. The van der Waals surface area contributed by atoms with Crippen LogP contribution in [0.2, 0.25) is 0 Å². The highest BCUT2D eigenvalue weighted by Gasteiger charge is 2.50. The summed E-state index contributed by atoms with van der Waals surface area (Å²) in [6, 6.07) is 0.331. The van der Waals surface area contributed by atoms with E-state index in [0.717, 1.165) is 88.5 Å². The summed E-state index contributed by atoms with van der Waals surface area (Å²) < 4.78 is 36.9. The van der Waals surface area contributed by atoms with Crippen LogP contribution in [0.3, 0.4) is 0 Å². The van der Waals surface area contributed by atoms with Crippen molar-refractivity contribution in [3.05, 3.63) is 53.0 Å². The van der Waals surface area contributed by atoms with Gasteiger partial charge in [-0.15, -0.1) is 10.2 Å². The summed E-state index contributed by atoms with van der Waals surface area (Å²) in [5.74, 6) is -9.63. The molecule has 0 bridgehead atoms. The van der Waals surface area contributed by atoms with Gasteiger partial charge in [-0.25, -0.2) is 0 Å². The van der Waals surface area contributed by atoms with Crippen molar-refractivity contribution in [2.45, 2.75) is 176 Å². The topological polar surface area (TPSA) is 450 Å². The van der Waals surface area contributed by atoms with Crippen molar-refractivity contribution in [1.29, 1.82) is 0 Å². The number of nitrogens with one attached hydrogen (secondary N) is 5. The predicted octanol–water partition coefficient (Wildman–Crippen LogP) is -2.25. The Hall–Kier alpha value is -6.72. The molecular formula is C61H88N12O18S2. The van der Waals surface area contributed by atoms with Crippen LogP contribution in [0.4, 0.5) is 5.69 Å². The van der Waals surface area contributed by atoms with Crippen molar-refractivity contribution in [2.75, 3.05) is 63.8 Å². The van der Waals surface area contributed by atoms with Crippen LogP contribution < -0.4 is 41.4 Å². The van der Waals surface area contributed by atoms with Crippen LogP contribution in [0, 0.1) is 17.8 Å². The van der Waals surface area contributed by atoms with Crippen molar-refractivity contribution >= 4 is 68.8 Å². The zero-order chi connectivity index (χ0) is 67.0. The fourth-order valence-corrected chi connectivity index (χ4v) is 15.1. The predicted molar refractivity (Wildman–Crippen MR) is 335 cm³/mol. The van der Waals surface area contributed by atoms with Gasteiger partial charge in [0.15, 0.2) is 11.5 Å². The highest BCUT2D eigenvalue weighted by Crippen LogP contribution is 2.39. The summed E-state index contributed by atoms with van der Waals surface area (Å²) in [5.41, 5.74) is 7.48. The largest absolute Gasteiger partial charge is 0.504 e.